The van der Waals surface area contributed by atoms with Crippen LogP contribution in [0, 0.1) is 19.8 Å². The number of carbonyl (C=O) groups is 1. The second kappa shape index (κ2) is 7.95. The van der Waals surface area contributed by atoms with E-state index in [0.717, 1.165) is 49.5 Å². The molecule has 30 heavy (non-hydrogen) atoms. The van der Waals surface area contributed by atoms with Crippen LogP contribution in [0.1, 0.15) is 41.5 Å². The van der Waals surface area contributed by atoms with Crippen LogP contribution in [0.3, 0.4) is 0 Å². The first kappa shape index (κ1) is 19.4. The zero-order chi connectivity index (χ0) is 20.7. The summed E-state index contributed by atoms with van der Waals surface area (Å²) in [6.45, 7) is 8.43. The topological polar surface area (TPSA) is 42.0 Å². The van der Waals surface area contributed by atoms with E-state index < -0.39 is 0 Å². The number of rotatable bonds is 4. The lowest BCUT2D eigenvalue weighted by Gasteiger charge is -2.47. The number of nitrogens with zero attached hydrogens (tertiary/aromatic N) is 2. The highest BCUT2D eigenvalue weighted by atomic mass is 16.7. The smallest absolute Gasteiger partial charge is 0.231 e. The maximum atomic E-state index is 12.8. The van der Waals surface area contributed by atoms with Crippen LogP contribution in [0.15, 0.2) is 36.4 Å². The average Bonchev–Trinajstić information content (AvgIpc) is 3.21. The highest BCUT2D eigenvalue weighted by Crippen LogP contribution is 2.36. The van der Waals surface area contributed by atoms with Gasteiger partial charge in [-0.1, -0.05) is 29.8 Å². The van der Waals surface area contributed by atoms with E-state index in [1.165, 1.54) is 16.7 Å². The van der Waals surface area contributed by atoms with Crippen molar-refractivity contribution in [2.24, 2.45) is 5.92 Å². The van der Waals surface area contributed by atoms with Gasteiger partial charge < -0.3 is 14.4 Å². The Balaban J connectivity index is 1.27. The third-order valence-electron chi connectivity index (χ3n) is 6.92. The van der Waals surface area contributed by atoms with E-state index in [4.69, 9.17) is 9.47 Å². The summed E-state index contributed by atoms with van der Waals surface area (Å²) in [5.74, 6) is 2.42. The van der Waals surface area contributed by atoms with Crippen molar-refractivity contribution in [2.45, 2.75) is 52.2 Å². The number of hydrogen-bond donors (Lipinski definition) is 0. The Bertz CT molecular complexity index is 957. The number of ether oxygens (including phenoxy) is 2. The van der Waals surface area contributed by atoms with Crippen LogP contribution in [0.5, 0.6) is 11.5 Å². The maximum Gasteiger partial charge on any atom is 0.231 e. The highest BCUT2D eigenvalue weighted by molar-refractivity contribution is 5.77. The van der Waals surface area contributed by atoms with Gasteiger partial charge in [-0.15, -0.1) is 0 Å². The van der Waals surface area contributed by atoms with Crippen molar-refractivity contribution >= 4 is 5.91 Å². The summed E-state index contributed by atoms with van der Waals surface area (Å²) in [5, 5.41) is 0. The molecule has 5 rings (SSSR count). The van der Waals surface area contributed by atoms with E-state index in [9.17, 15) is 4.79 Å². The fraction of sp³-hybridized carbons (Fsp3) is 0.480. The van der Waals surface area contributed by atoms with E-state index >= 15 is 0 Å². The van der Waals surface area contributed by atoms with Crippen molar-refractivity contribution < 1.29 is 14.3 Å². The molecule has 0 unspecified atom stereocenters. The number of aryl methyl sites for hydroxylation is 2. The minimum Gasteiger partial charge on any atom is -0.454 e. The van der Waals surface area contributed by atoms with Gasteiger partial charge in [0, 0.05) is 38.6 Å². The Kier molecular flexibility index (Phi) is 5.15. The molecule has 0 spiro atoms. The summed E-state index contributed by atoms with van der Waals surface area (Å²) >= 11 is 0. The first-order valence-electron chi connectivity index (χ1n) is 11.0. The summed E-state index contributed by atoms with van der Waals surface area (Å²) < 4.78 is 10.9. The Morgan fingerprint density at radius 2 is 1.87 bits per heavy atom. The van der Waals surface area contributed by atoms with Crippen LogP contribution in [-0.2, 0) is 17.9 Å². The molecule has 3 heterocycles. The van der Waals surface area contributed by atoms with Crippen LogP contribution in [0.2, 0.25) is 0 Å². The van der Waals surface area contributed by atoms with Gasteiger partial charge >= 0.3 is 0 Å². The molecule has 5 nitrogen and oxygen atoms in total. The van der Waals surface area contributed by atoms with Crippen molar-refractivity contribution in [3.05, 3.63) is 58.7 Å². The van der Waals surface area contributed by atoms with Gasteiger partial charge in [0.2, 0.25) is 12.7 Å². The van der Waals surface area contributed by atoms with Crippen molar-refractivity contribution in [3.8, 4) is 11.5 Å². The SMILES string of the molecule is Cc1ccc(C)c(CN2CC[C@@H]3[C@@H](CCC(=O)N3Cc3ccc4c(c3)OCO4)C2)c1. The highest BCUT2D eigenvalue weighted by Gasteiger charge is 2.39. The lowest BCUT2D eigenvalue weighted by molar-refractivity contribution is -0.142. The molecule has 0 aliphatic carbocycles. The average molecular weight is 407 g/mol. The third kappa shape index (κ3) is 3.79. The summed E-state index contributed by atoms with van der Waals surface area (Å²) in [5.41, 5.74) is 5.23. The molecule has 2 atom stereocenters. The third-order valence-corrected chi connectivity index (χ3v) is 6.92. The van der Waals surface area contributed by atoms with Crippen LogP contribution < -0.4 is 9.47 Å². The van der Waals surface area contributed by atoms with Gasteiger partial charge in [-0.2, -0.15) is 0 Å². The van der Waals surface area contributed by atoms with E-state index in [-0.39, 0.29) is 12.7 Å². The molecule has 2 fully saturated rings. The lowest BCUT2D eigenvalue weighted by Crippen LogP contribution is -2.55. The largest absolute Gasteiger partial charge is 0.454 e. The lowest BCUT2D eigenvalue weighted by atomic mass is 9.83. The molecule has 0 saturated carbocycles. The Labute approximate surface area is 178 Å². The van der Waals surface area contributed by atoms with Crippen LogP contribution in [-0.4, -0.2) is 41.6 Å². The molecule has 2 saturated heterocycles. The number of carbonyl (C=O) groups excluding carboxylic acids is 1. The summed E-state index contributed by atoms with van der Waals surface area (Å²) in [4.78, 5) is 17.5. The number of piperidine rings is 2. The first-order valence-corrected chi connectivity index (χ1v) is 11.0. The van der Waals surface area contributed by atoms with Gasteiger partial charge in [0.05, 0.1) is 0 Å². The number of amides is 1. The molecule has 3 aliphatic heterocycles. The molecule has 0 radical (unpaired) electrons. The minimum absolute atomic E-state index is 0.280. The van der Waals surface area contributed by atoms with E-state index in [1.54, 1.807) is 0 Å². The molecule has 0 bridgehead atoms. The number of likely N-dealkylation sites (tertiary alicyclic amines) is 2. The first-order chi connectivity index (χ1) is 14.6. The van der Waals surface area contributed by atoms with Crippen molar-refractivity contribution in [1.29, 1.82) is 0 Å². The molecule has 158 valence electrons. The molecule has 1 amide bonds. The Hall–Kier alpha value is -2.53. The normalized spacial score (nSPS) is 23.5. The summed E-state index contributed by atoms with van der Waals surface area (Å²) in [6, 6.07) is 13.1. The molecule has 2 aromatic rings. The second-order valence-corrected chi connectivity index (χ2v) is 9.03. The zero-order valence-corrected chi connectivity index (χ0v) is 17.9. The fourth-order valence-corrected chi connectivity index (χ4v) is 5.22. The molecule has 3 aliphatic rings. The summed E-state index contributed by atoms with van der Waals surface area (Å²) in [6.07, 6.45) is 2.71. The van der Waals surface area contributed by atoms with Gasteiger partial charge in [-0.3, -0.25) is 9.69 Å². The molecule has 0 N–H and O–H groups in total. The molecular weight excluding hydrogens is 376 g/mol. The summed E-state index contributed by atoms with van der Waals surface area (Å²) in [7, 11) is 0. The molecular formula is C25H30N2O3. The van der Waals surface area contributed by atoms with Crippen molar-refractivity contribution in [1.82, 2.24) is 9.80 Å². The second-order valence-electron chi connectivity index (χ2n) is 9.03. The van der Waals surface area contributed by atoms with Gasteiger partial charge in [0.15, 0.2) is 11.5 Å². The Morgan fingerprint density at radius 1 is 1.00 bits per heavy atom. The van der Waals surface area contributed by atoms with E-state index in [2.05, 4.69) is 47.9 Å². The van der Waals surface area contributed by atoms with Gasteiger partial charge in [0.1, 0.15) is 0 Å². The maximum absolute atomic E-state index is 12.8. The Morgan fingerprint density at radius 3 is 2.77 bits per heavy atom. The van der Waals surface area contributed by atoms with E-state index in [1.807, 2.05) is 12.1 Å². The quantitative estimate of drug-likeness (QED) is 0.768. The van der Waals surface area contributed by atoms with Crippen LogP contribution in [0.25, 0.3) is 0 Å². The number of benzene rings is 2. The van der Waals surface area contributed by atoms with E-state index in [0.29, 0.717) is 24.9 Å². The van der Waals surface area contributed by atoms with Crippen LogP contribution >= 0.6 is 0 Å². The minimum atomic E-state index is 0.280. The van der Waals surface area contributed by atoms with Gasteiger partial charge in [0.25, 0.3) is 0 Å². The number of fused-ring (bicyclic) bond motifs is 2. The predicted octanol–water partition coefficient (Wildman–Crippen LogP) is 4.05. The zero-order valence-electron chi connectivity index (χ0n) is 17.9. The standard InChI is InChI=1S/C25H30N2O3/c1-17-3-4-18(2)21(11-17)15-26-10-9-22-20(14-26)6-8-25(28)27(22)13-19-5-7-23-24(12-19)30-16-29-23/h3-5,7,11-12,20,22H,6,8-10,13-16H2,1-2H3/t20-,22+/m0/s1. The molecule has 5 heteroatoms. The van der Waals surface area contributed by atoms with Gasteiger partial charge in [-0.05, 0) is 61.4 Å². The predicted molar refractivity (Wildman–Crippen MR) is 115 cm³/mol. The molecule has 0 aromatic heterocycles. The van der Waals surface area contributed by atoms with Crippen molar-refractivity contribution in [3.63, 3.8) is 0 Å². The van der Waals surface area contributed by atoms with Crippen LogP contribution in [0.4, 0.5) is 0 Å². The molecule has 2 aromatic carbocycles. The fourth-order valence-electron chi connectivity index (χ4n) is 5.22. The van der Waals surface area contributed by atoms with Crippen molar-refractivity contribution in [2.75, 3.05) is 19.9 Å². The number of hydrogen-bond acceptors (Lipinski definition) is 4. The van der Waals surface area contributed by atoms with Gasteiger partial charge in [-0.25, -0.2) is 0 Å². The monoisotopic (exact) mass is 406 g/mol.